The highest BCUT2D eigenvalue weighted by Gasteiger charge is 2.34. The Labute approximate surface area is 116 Å². The van der Waals surface area contributed by atoms with E-state index in [-0.39, 0.29) is 18.8 Å². The Morgan fingerprint density at radius 3 is 2.40 bits per heavy atom. The third kappa shape index (κ3) is 5.38. The van der Waals surface area contributed by atoms with E-state index >= 15 is 0 Å². The van der Waals surface area contributed by atoms with Crippen molar-refractivity contribution in [2.45, 2.75) is 38.6 Å². The molecule has 2 N–H and O–H groups in total. The van der Waals surface area contributed by atoms with E-state index in [1.165, 1.54) is 6.07 Å². The molecule has 20 heavy (non-hydrogen) atoms. The molecule has 0 fully saturated rings. The third-order valence-electron chi connectivity index (χ3n) is 2.70. The van der Waals surface area contributed by atoms with Gasteiger partial charge in [0.2, 0.25) is 0 Å². The van der Waals surface area contributed by atoms with Crippen LogP contribution in [0, 0.1) is 0 Å². The number of rotatable bonds is 6. The molecule has 3 nitrogen and oxygen atoms in total. The van der Waals surface area contributed by atoms with Gasteiger partial charge in [-0.2, -0.15) is 13.2 Å². The Morgan fingerprint density at radius 1 is 1.25 bits per heavy atom. The summed E-state index contributed by atoms with van der Waals surface area (Å²) in [6, 6.07) is 3.99. The summed E-state index contributed by atoms with van der Waals surface area (Å²) in [7, 11) is 1.67. The Balaban J connectivity index is 2.89. The number of hydrogen-bond acceptors (Lipinski definition) is 3. The van der Waals surface area contributed by atoms with Gasteiger partial charge < -0.3 is 15.2 Å². The zero-order valence-electron chi connectivity index (χ0n) is 11.8. The molecule has 0 saturated heterocycles. The van der Waals surface area contributed by atoms with Gasteiger partial charge in [0, 0.05) is 13.0 Å². The summed E-state index contributed by atoms with van der Waals surface area (Å²) in [5.41, 5.74) is -1.22. The number of alkyl halides is 3. The van der Waals surface area contributed by atoms with Gasteiger partial charge in [0.1, 0.15) is 5.75 Å². The molecule has 1 rings (SSSR count). The molecule has 0 unspecified atom stereocenters. The van der Waals surface area contributed by atoms with Gasteiger partial charge in [0.15, 0.2) is 0 Å². The first-order valence-corrected chi connectivity index (χ1v) is 6.33. The zero-order valence-corrected chi connectivity index (χ0v) is 11.8. The first-order chi connectivity index (χ1) is 9.13. The van der Waals surface area contributed by atoms with Crippen molar-refractivity contribution in [3.63, 3.8) is 0 Å². The maximum absolute atomic E-state index is 13.0. The van der Waals surface area contributed by atoms with Crippen LogP contribution < -0.4 is 10.1 Å². The predicted molar refractivity (Wildman–Crippen MR) is 70.6 cm³/mol. The van der Waals surface area contributed by atoms with Crippen LogP contribution in [0.5, 0.6) is 5.75 Å². The van der Waals surface area contributed by atoms with Crippen LogP contribution in [0.1, 0.15) is 31.4 Å². The Bertz CT molecular complexity index is 439. The molecule has 0 amide bonds. The third-order valence-corrected chi connectivity index (χ3v) is 2.70. The van der Waals surface area contributed by atoms with E-state index in [2.05, 4.69) is 5.32 Å². The van der Waals surface area contributed by atoms with Crippen LogP contribution in [0.25, 0.3) is 0 Å². The van der Waals surface area contributed by atoms with Gasteiger partial charge >= 0.3 is 6.18 Å². The second kappa shape index (κ2) is 6.45. The topological polar surface area (TPSA) is 41.5 Å². The second-order valence-electron chi connectivity index (χ2n) is 5.27. The van der Waals surface area contributed by atoms with Crippen molar-refractivity contribution < 1.29 is 23.0 Å². The summed E-state index contributed by atoms with van der Waals surface area (Å²) >= 11 is 0. The van der Waals surface area contributed by atoms with Crippen molar-refractivity contribution in [2.75, 3.05) is 13.7 Å². The lowest BCUT2D eigenvalue weighted by Gasteiger charge is -2.19. The maximum Gasteiger partial charge on any atom is 0.419 e. The number of halogens is 3. The average Bonchev–Trinajstić information content (AvgIpc) is 2.28. The highest BCUT2D eigenvalue weighted by molar-refractivity contribution is 5.39. The molecule has 0 heterocycles. The number of nitrogens with one attached hydrogen (secondary N) is 1. The summed E-state index contributed by atoms with van der Waals surface area (Å²) in [5.74, 6) is -0.207. The molecule has 0 saturated carbocycles. The predicted octanol–water partition coefficient (Wildman–Crippen LogP) is 2.96. The Morgan fingerprint density at radius 2 is 1.90 bits per heavy atom. The van der Waals surface area contributed by atoms with E-state index < -0.39 is 17.3 Å². The minimum absolute atomic E-state index is 0.0257. The Kier molecular flexibility index (Phi) is 5.42. The molecule has 0 atom stereocenters. The molecule has 0 aliphatic heterocycles. The second-order valence-corrected chi connectivity index (χ2v) is 5.27. The van der Waals surface area contributed by atoms with E-state index in [0.29, 0.717) is 12.1 Å². The fourth-order valence-corrected chi connectivity index (χ4v) is 1.65. The first-order valence-electron chi connectivity index (χ1n) is 6.33. The number of aliphatic hydroxyl groups is 1. The van der Waals surface area contributed by atoms with Gasteiger partial charge in [-0.3, -0.25) is 0 Å². The highest BCUT2D eigenvalue weighted by Crippen LogP contribution is 2.37. The molecule has 6 heteroatoms. The lowest BCUT2D eigenvalue weighted by Crippen LogP contribution is -2.22. The van der Waals surface area contributed by atoms with Gasteiger partial charge in [0.25, 0.3) is 0 Å². The molecule has 1 aromatic carbocycles. The molecule has 0 aliphatic rings. The lowest BCUT2D eigenvalue weighted by atomic mass is 10.1. The molecular formula is C14H20F3NO2. The monoisotopic (exact) mass is 291 g/mol. The standard InChI is InChI=1S/C14H20F3NO2/c1-13(2,19)6-7-20-12-5-4-10(9-18-3)8-11(12)14(15,16)17/h4-5,8,18-19H,6-7,9H2,1-3H3. The maximum atomic E-state index is 13.0. The molecule has 0 spiro atoms. The normalized spacial score (nSPS) is 12.6. The van der Waals surface area contributed by atoms with Gasteiger partial charge in [-0.05, 0) is 38.6 Å². The molecule has 1 aromatic rings. The molecule has 0 radical (unpaired) electrons. The minimum atomic E-state index is -4.46. The summed E-state index contributed by atoms with van der Waals surface area (Å²) in [6.07, 6.45) is -4.21. The smallest absolute Gasteiger partial charge is 0.419 e. The molecule has 0 aliphatic carbocycles. The van der Waals surface area contributed by atoms with Crippen molar-refractivity contribution in [3.8, 4) is 5.75 Å². The van der Waals surface area contributed by atoms with E-state index in [1.54, 1.807) is 27.0 Å². The van der Waals surface area contributed by atoms with Crippen molar-refractivity contribution in [2.24, 2.45) is 0 Å². The van der Waals surface area contributed by atoms with Crippen molar-refractivity contribution in [3.05, 3.63) is 29.3 Å². The van der Waals surface area contributed by atoms with Gasteiger partial charge in [-0.25, -0.2) is 0 Å². The summed E-state index contributed by atoms with van der Waals surface area (Å²) < 4.78 is 44.1. The van der Waals surface area contributed by atoms with Gasteiger partial charge in [0.05, 0.1) is 17.8 Å². The quantitative estimate of drug-likeness (QED) is 0.846. The van der Waals surface area contributed by atoms with Crippen LogP contribution in [0.2, 0.25) is 0 Å². The van der Waals surface area contributed by atoms with Crippen LogP contribution in [-0.2, 0) is 12.7 Å². The molecular weight excluding hydrogens is 271 g/mol. The van der Waals surface area contributed by atoms with Crippen molar-refractivity contribution in [1.82, 2.24) is 5.32 Å². The van der Waals surface area contributed by atoms with Gasteiger partial charge in [-0.15, -0.1) is 0 Å². The Hall–Kier alpha value is -1.27. The number of hydrogen-bond donors (Lipinski definition) is 2. The molecule has 114 valence electrons. The van der Waals surface area contributed by atoms with Crippen LogP contribution >= 0.6 is 0 Å². The lowest BCUT2D eigenvalue weighted by molar-refractivity contribution is -0.139. The highest BCUT2D eigenvalue weighted by atomic mass is 19.4. The van der Waals surface area contributed by atoms with Gasteiger partial charge in [-0.1, -0.05) is 6.07 Å². The summed E-state index contributed by atoms with van der Waals surface area (Å²) in [4.78, 5) is 0. The first kappa shape index (κ1) is 16.8. The minimum Gasteiger partial charge on any atom is -0.493 e. The zero-order chi connectivity index (χ0) is 15.4. The van der Waals surface area contributed by atoms with Crippen molar-refractivity contribution in [1.29, 1.82) is 0 Å². The van der Waals surface area contributed by atoms with E-state index in [4.69, 9.17) is 4.74 Å². The van der Waals surface area contributed by atoms with Crippen LogP contribution in [0.15, 0.2) is 18.2 Å². The van der Waals surface area contributed by atoms with Crippen molar-refractivity contribution >= 4 is 0 Å². The summed E-state index contributed by atoms with van der Waals surface area (Å²) in [6.45, 7) is 3.54. The summed E-state index contributed by atoms with van der Waals surface area (Å²) in [5, 5.41) is 12.3. The largest absolute Gasteiger partial charge is 0.493 e. The fraction of sp³-hybridized carbons (Fsp3) is 0.571. The van der Waals surface area contributed by atoms with Crippen LogP contribution in [0.3, 0.4) is 0 Å². The van der Waals surface area contributed by atoms with Crippen LogP contribution in [-0.4, -0.2) is 24.4 Å². The van der Waals surface area contributed by atoms with E-state index in [0.717, 1.165) is 6.07 Å². The van der Waals surface area contributed by atoms with Crippen LogP contribution in [0.4, 0.5) is 13.2 Å². The number of benzene rings is 1. The van der Waals surface area contributed by atoms with E-state index in [9.17, 15) is 18.3 Å². The SMILES string of the molecule is CNCc1ccc(OCCC(C)(C)O)c(C(F)(F)F)c1. The molecule has 0 aromatic heterocycles. The average molecular weight is 291 g/mol. The fourth-order valence-electron chi connectivity index (χ4n) is 1.65. The molecule has 0 bridgehead atoms. The number of ether oxygens (including phenoxy) is 1. The van der Waals surface area contributed by atoms with E-state index in [1.807, 2.05) is 0 Å².